The van der Waals surface area contributed by atoms with E-state index in [0.29, 0.717) is 17.2 Å². The molecule has 0 bridgehead atoms. The molecule has 1 N–H and O–H groups in total. The Balaban J connectivity index is 1.85. The minimum absolute atomic E-state index is 0.276. The Morgan fingerprint density at radius 2 is 1.74 bits per heavy atom. The van der Waals surface area contributed by atoms with Crippen molar-refractivity contribution in [2.75, 3.05) is 0 Å². The third-order valence-corrected chi connectivity index (χ3v) is 3.36. The number of hydrogen-bond acceptors (Lipinski definition) is 1. The van der Waals surface area contributed by atoms with Crippen LogP contribution >= 0.6 is 0 Å². The van der Waals surface area contributed by atoms with Crippen LogP contribution in [0, 0.1) is 11.6 Å². The largest absolute Gasteiger partial charge is 0.310 e. The third-order valence-electron chi connectivity index (χ3n) is 3.36. The fourth-order valence-corrected chi connectivity index (χ4v) is 2.08. The molecule has 3 heteroatoms. The first-order valence-corrected chi connectivity index (χ1v) is 6.50. The molecule has 0 radical (unpaired) electrons. The van der Waals surface area contributed by atoms with Gasteiger partial charge in [0.2, 0.25) is 0 Å². The molecular weight excluding hydrogens is 244 g/mol. The lowest BCUT2D eigenvalue weighted by molar-refractivity contribution is 0.624. The molecule has 3 rings (SSSR count). The Morgan fingerprint density at radius 3 is 2.42 bits per heavy atom. The molecule has 1 saturated carbocycles. The van der Waals surface area contributed by atoms with E-state index in [0.717, 1.165) is 12.1 Å². The molecule has 0 heterocycles. The summed E-state index contributed by atoms with van der Waals surface area (Å²) in [6.45, 7) is 0.749. The van der Waals surface area contributed by atoms with E-state index in [4.69, 9.17) is 0 Å². The van der Waals surface area contributed by atoms with E-state index in [2.05, 4.69) is 5.32 Å². The Kier molecular flexibility index (Phi) is 3.30. The zero-order valence-corrected chi connectivity index (χ0v) is 10.5. The summed E-state index contributed by atoms with van der Waals surface area (Å²) >= 11 is 0. The first kappa shape index (κ1) is 12.3. The molecule has 0 amide bonds. The second-order valence-corrected chi connectivity index (χ2v) is 4.98. The van der Waals surface area contributed by atoms with Gasteiger partial charge < -0.3 is 5.32 Å². The second-order valence-electron chi connectivity index (χ2n) is 4.98. The van der Waals surface area contributed by atoms with Crippen molar-refractivity contribution in [3.8, 4) is 11.1 Å². The SMILES string of the molecule is Fc1ccc(-c2cc(CNC3CC3)ccc2F)cc1. The van der Waals surface area contributed by atoms with Crippen molar-refractivity contribution >= 4 is 0 Å². The molecule has 0 aliphatic heterocycles. The first-order valence-electron chi connectivity index (χ1n) is 6.50. The average Bonchev–Trinajstić information content (AvgIpc) is 3.23. The van der Waals surface area contributed by atoms with Gasteiger partial charge in [-0.25, -0.2) is 8.78 Å². The summed E-state index contributed by atoms with van der Waals surface area (Å²) < 4.78 is 26.7. The predicted octanol–water partition coefficient (Wildman–Crippen LogP) is 3.88. The first-order chi connectivity index (χ1) is 9.22. The van der Waals surface area contributed by atoms with Crippen LogP contribution in [-0.2, 0) is 6.54 Å². The highest BCUT2D eigenvalue weighted by atomic mass is 19.1. The molecule has 19 heavy (non-hydrogen) atoms. The van der Waals surface area contributed by atoms with Crippen LogP contribution in [0.4, 0.5) is 8.78 Å². The van der Waals surface area contributed by atoms with Crippen LogP contribution in [0.5, 0.6) is 0 Å². The van der Waals surface area contributed by atoms with E-state index in [1.807, 2.05) is 6.07 Å². The number of nitrogens with one attached hydrogen (secondary N) is 1. The fourth-order valence-electron chi connectivity index (χ4n) is 2.08. The van der Waals surface area contributed by atoms with Crippen molar-refractivity contribution in [3.63, 3.8) is 0 Å². The minimum atomic E-state index is -0.310. The van der Waals surface area contributed by atoms with Crippen LogP contribution in [-0.4, -0.2) is 6.04 Å². The topological polar surface area (TPSA) is 12.0 Å². The van der Waals surface area contributed by atoms with Crippen LogP contribution in [0.25, 0.3) is 11.1 Å². The van der Waals surface area contributed by atoms with E-state index in [1.54, 1.807) is 18.2 Å². The van der Waals surface area contributed by atoms with E-state index in [1.165, 1.54) is 31.0 Å². The van der Waals surface area contributed by atoms with Gasteiger partial charge >= 0.3 is 0 Å². The monoisotopic (exact) mass is 259 g/mol. The van der Waals surface area contributed by atoms with E-state index in [9.17, 15) is 8.78 Å². The molecule has 0 spiro atoms. The van der Waals surface area contributed by atoms with Crippen LogP contribution < -0.4 is 5.32 Å². The maximum atomic E-state index is 13.9. The Hall–Kier alpha value is -1.74. The van der Waals surface area contributed by atoms with Gasteiger partial charge in [-0.05, 0) is 48.2 Å². The third kappa shape index (κ3) is 2.99. The molecule has 1 nitrogen and oxygen atoms in total. The molecule has 2 aromatic carbocycles. The lowest BCUT2D eigenvalue weighted by atomic mass is 10.0. The Bertz CT molecular complexity index is 574. The van der Waals surface area contributed by atoms with E-state index >= 15 is 0 Å². The molecule has 1 aliphatic rings. The summed E-state index contributed by atoms with van der Waals surface area (Å²) in [4.78, 5) is 0. The number of halogens is 2. The van der Waals surface area contributed by atoms with E-state index in [-0.39, 0.29) is 11.6 Å². The summed E-state index contributed by atoms with van der Waals surface area (Å²) in [5.74, 6) is -0.586. The van der Waals surface area contributed by atoms with E-state index < -0.39 is 0 Å². The molecule has 0 unspecified atom stereocenters. The van der Waals surface area contributed by atoms with Crippen molar-refractivity contribution in [2.24, 2.45) is 0 Å². The van der Waals surface area contributed by atoms with Crippen molar-refractivity contribution in [1.29, 1.82) is 0 Å². The number of rotatable bonds is 4. The highest BCUT2D eigenvalue weighted by molar-refractivity contribution is 5.64. The van der Waals surface area contributed by atoms with Gasteiger partial charge in [-0.1, -0.05) is 18.2 Å². The van der Waals surface area contributed by atoms with Gasteiger partial charge in [0.05, 0.1) is 0 Å². The molecular formula is C16H15F2N. The normalized spacial score (nSPS) is 14.6. The minimum Gasteiger partial charge on any atom is -0.310 e. The quantitative estimate of drug-likeness (QED) is 0.878. The molecule has 1 aliphatic carbocycles. The van der Waals surface area contributed by atoms with Gasteiger partial charge in [0.1, 0.15) is 11.6 Å². The highest BCUT2D eigenvalue weighted by Gasteiger charge is 2.20. The molecule has 2 aromatic rings. The van der Waals surface area contributed by atoms with Gasteiger partial charge in [0, 0.05) is 18.2 Å². The smallest absolute Gasteiger partial charge is 0.131 e. The zero-order chi connectivity index (χ0) is 13.2. The standard InChI is InChI=1S/C16H15F2N/c17-13-4-2-12(3-5-13)15-9-11(1-8-16(15)18)10-19-14-6-7-14/h1-5,8-9,14,19H,6-7,10H2. The van der Waals surface area contributed by atoms with Crippen LogP contribution in [0.15, 0.2) is 42.5 Å². The summed E-state index contributed by atoms with van der Waals surface area (Å²) in [5, 5.41) is 3.40. The lowest BCUT2D eigenvalue weighted by Gasteiger charge is -2.08. The number of benzene rings is 2. The summed E-state index contributed by atoms with van der Waals surface area (Å²) in [7, 11) is 0. The molecule has 1 fully saturated rings. The van der Waals surface area contributed by atoms with Gasteiger partial charge in [0.15, 0.2) is 0 Å². The molecule has 0 atom stereocenters. The van der Waals surface area contributed by atoms with Crippen molar-refractivity contribution in [2.45, 2.75) is 25.4 Å². The molecule has 0 aromatic heterocycles. The summed E-state index contributed by atoms with van der Waals surface area (Å²) in [6, 6.07) is 11.6. The van der Waals surface area contributed by atoms with Crippen LogP contribution in [0.1, 0.15) is 18.4 Å². The lowest BCUT2D eigenvalue weighted by Crippen LogP contribution is -2.15. The predicted molar refractivity (Wildman–Crippen MR) is 71.7 cm³/mol. The second kappa shape index (κ2) is 5.10. The Labute approximate surface area is 111 Å². The highest BCUT2D eigenvalue weighted by Crippen LogP contribution is 2.25. The van der Waals surface area contributed by atoms with Gasteiger partial charge in [0.25, 0.3) is 0 Å². The fraction of sp³-hybridized carbons (Fsp3) is 0.250. The van der Waals surface area contributed by atoms with Gasteiger partial charge in [-0.2, -0.15) is 0 Å². The van der Waals surface area contributed by atoms with Crippen molar-refractivity contribution in [3.05, 3.63) is 59.7 Å². The average molecular weight is 259 g/mol. The molecule has 98 valence electrons. The Morgan fingerprint density at radius 1 is 1.00 bits per heavy atom. The number of hydrogen-bond donors (Lipinski definition) is 1. The maximum absolute atomic E-state index is 13.9. The van der Waals surface area contributed by atoms with Crippen molar-refractivity contribution < 1.29 is 8.78 Å². The zero-order valence-electron chi connectivity index (χ0n) is 10.5. The van der Waals surface area contributed by atoms with Crippen LogP contribution in [0.2, 0.25) is 0 Å². The van der Waals surface area contributed by atoms with Crippen LogP contribution in [0.3, 0.4) is 0 Å². The van der Waals surface area contributed by atoms with Crippen molar-refractivity contribution in [1.82, 2.24) is 5.32 Å². The van der Waals surface area contributed by atoms with Gasteiger partial charge in [-0.3, -0.25) is 0 Å². The summed E-state index contributed by atoms with van der Waals surface area (Å²) in [6.07, 6.45) is 2.46. The van der Waals surface area contributed by atoms with Gasteiger partial charge in [-0.15, -0.1) is 0 Å². The maximum Gasteiger partial charge on any atom is 0.131 e. The summed E-state index contributed by atoms with van der Waals surface area (Å²) in [5.41, 5.74) is 2.27. The molecule has 0 saturated heterocycles.